The Kier molecular flexibility index (Phi) is 5.42. The van der Waals surface area contributed by atoms with E-state index in [2.05, 4.69) is 5.32 Å². The third-order valence-electron chi connectivity index (χ3n) is 2.19. The average molecular weight is 280 g/mol. The maximum atomic E-state index is 11.8. The molecule has 0 radical (unpaired) electrons. The first-order chi connectivity index (χ1) is 8.76. The number of hydrogen-bond acceptors (Lipinski definition) is 3. The lowest BCUT2D eigenvalue weighted by atomic mass is 9.92. The number of nitrogens with two attached hydrogens (primary N) is 1. The van der Waals surface area contributed by atoms with E-state index in [1.54, 1.807) is 0 Å². The minimum atomic E-state index is -0.354. The normalized spacial score (nSPS) is 11.1. The van der Waals surface area contributed by atoms with Gasteiger partial charge in [-0.1, -0.05) is 26.8 Å². The van der Waals surface area contributed by atoms with Gasteiger partial charge < -0.3 is 11.1 Å². The maximum absolute atomic E-state index is 11.8. The average Bonchev–Trinajstić information content (AvgIpc) is 2.24. The Morgan fingerprint density at radius 1 is 1.32 bits per heavy atom. The van der Waals surface area contributed by atoms with Gasteiger partial charge >= 0.3 is 0 Å². The van der Waals surface area contributed by atoms with Crippen LogP contribution in [0.25, 0.3) is 0 Å². The number of rotatable bonds is 5. The standard InChI is InChI=1S/C14H20N2O2S/c1-14(2,3)8-13(18)16-10-5-4-6-11(7-10)19-9-12(15)17/h4-7H,8-9H2,1-3H3,(H2,15,17)(H,16,18). The van der Waals surface area contributed by atoms with E-state index in [1.165, 1.54) is 11.8 Å². The molecule has 0 fully saturated rings. The molecule has 0 aliphatic heterocycles. The predicted octanol–water partition coefficient (Wildman–Crippen LogP) is 2.64. The van der Waals surface area contributed by atoms with Gasteiger partial charge in [0.15, 0.2) is 0 Å². The predicted molar refractivity (Wildman–Crippen MR) is 79.1 cm³/mol. The molecule has 104 valence electrons. The highest BCUT2D eigenvalue weighted by atomic mass is 32.2. The van der Waals surface area contributed by atoms with Crippen LogP contribution in [-0.2, 0) is 9.59 Å². The minimum Gasteiger partial charge on any atom is -0.369 e. The number of hydrogen-bond donors (Lipinski definition) is 2. The number of benzene rings is 1. The molecule has 0 atom stereocenters. The number of carbonyl (C=O) groups is 2. The van der Waals surface area contributed by atoms with Gasteiger partial charge in [-0.05, 0) is 23.6 Å². The quantitative estimate of drug-likeness (QED) is 0.814. The Hall–Kier alpha value is -1.49. The van der Waals surface area contributed by atoms with Crippen LogP contribution in [0.1, 0.15) is 27.2 Å². The molecule has 5 heteroatoms. The first kappa shape index (κ1) is 15.6. The highest BCUT2D eigenvalue weighted by Gasteiger charge is 2.15. The molecule has 0 aliphatic carbocycles. The molecule has 1 aromatic rings. The van der Waals surface area contributed by atoms with E-state index >= 15 is 0 Å². The van der Waals surface area contributed by atoms with Crippen molar-refractivity contribution in [2.24, 2.45) is 11.1 Å². The lowest BCUT2D eigenvalue weighted by molar-refractivity contribution is -0.118. The van der Waals surface area contributed by atoms with Crippen molar-refractivity contribution in [2.75, 3.05) is 11.1 Å². The molecule has 0 spiro atoms. The second kappa shape index (κ2) is 6.61. The summed E-state index contributed by atoms with van der Waals surface area (Å²) >= 11 is 1.36. The summed E-state index contributed by atoms with van der Waals surface area (Å²) in [6.07, 6.45) is 0.464. The number of primary amides is 1. The van der Waals surface area contributed by atoms with Gasteiger partial charge in [-0.25, -0.2) is 0 Å². The van der Waals surface area contributed by atoms with Crippen molar-refractivity contribution in [3.8, 4) is 0 Å². The van der Waals surface area contributed by atoms with Crippen molar-refractivity contribution in [1.82, 2.24) is 0 Å². The molecular weight excluding hydrogens is 260 g/mol. The van der Waals surface area contributed by atoms with Gasteiger partial charge in [-0.15, -0.1) is 11.8 Å². The van der Waals surface area contributed by atoms with Crippen LogP contribution >= 0.6 is 11.8 Å². The van der Waals surface area contributed by atoms with Crippen molar-refractivity contribution in [2.45, 2.75) is 32.1 Å². The Balaban J connectivity index is 2.61. The zero-order chi connectivity index (χ0) is 14.5. The number of amides is 2. The molecule has 0 saturated heterocycles. The minimum absolute atomic E-state index is 0.00967. The van der Waals surface area contributed by atoms with E-state index in [0.29, 0.717) is 6.42 Å². The Bertz CT molecular complexity index is 467. The van der Waals surface area contributed by atoms with Gasteiger partial charge in [-0.3, -0.25) is 9.59 Å². The van der Waals surface area contributed by atoms with E-state index in [9.17, 15) is 9.59 Å². The molecule has 1 rings (SSSR count). The van der Waals surface area contributed by atoms with E-state index < -0.39 is 0 Å². The van der Waals surface area contributed by atoms with Crippen LogP contribution < -0.4 is 11.1 Å². The van der Waals surface area contributed by atoms with E-state index in [4.69, 9.17) is 5.73 Å². The van der Waals surface area contributed by atoms with Crippen molar-refractivity contribution in [3.63, 3.8) is 0 Å². The smallest absolute Gasteiger partial charge is 0.227 e. The third kappa shape index (κ3) is 6.86. The number of nitrogens with one attached hydrogen (secondary N) is 1. The maximum Gasteiger partial charge on any atom is 0.227 e. The topological polar surface area (TPSA) is 72.2 Å². The molecule has 0 aliphatic rings. The fourth-order valence-electron chi connectivity index (χ4n) is 1.50. The van der Waals surface area contributed by atoms with E-state index in [-0.39, 0.29) is 23.0 Å². The molecular formula is C14H20N2O2S. The van der Waals surface area contributed by atoms with Gasteiger partial charge in [0.1, 0.15) is 0 Å². The van der Waals surface area contributed by atoms with Crippen LogP contribution in [-0.4, -0.2) is 17.6 Å². The first-order valence-corrected chi connectivity index (χ1v) is 7.06. The van der Waals surface area contributed by atoms with Crippen molar-refractivity contribution in [1.29, 1.82) is 0 Å². The van der Waals surface area contributed by atoms with Crippen molar-refractivity contribution < 1.29 is 9.59 Å². The van der Waals surface area contributed by atoms with Gasteiger partial charge in [0.25, 0.3) is 0 Å². The second-order valence-electron chi connectivity index (χ2n) is 5.57. The van der Waals surface area contributed by atoms with Crippen molar-refractivity contribution in [3.05, 3.63) is 24.3 Å². The van der Waals surface area contributed by atoms with Crippen molar-refractivity contribution >= 4 is 29.3 Å². The lowest BCUT2D eigenvalue weighted by Gasteiger charge is -2.17. The largest absolute Gasteiger partial charge is 0.369 e. The molecule has 2 amide bonds. The molecule has 0 aromatic heterocycles. The summed E-state index contributed by atoms with van der Waals surface area (Å²) in [5.74, 6) is -0.129. The Morgan fingerprint density at radius 2 is 2.00 bits per heavy atom. The van der Waals surface area contributed by atoms with Gasteiger partial charge in [0, 0.05) is 17.0 Å². The molecule has 1 aromatic carbocycles. The molecule has 19 heavy (non-hydrogen) atoms. The Labute approximate surface area is 118 Å². The summed E-state index contributed by atoms with van der Waals surface area (Å²) in [6, 6.07) is 7.39. The Morgan fingerprint density at radius 3 is 2.58 bits per heavy atom. The second-order valence-corrected chi connectivity index (χ2v) is 6.62. The lowest BCUT2D eigenvalue weighted by Crippen LogP contribution is -2.19. The molecule has 0 heterocycles. The number of anilines is 1. The van der Waals surface area contributed by atoms with Crippen LogP contribution in [0.3, 0.4) is 0 Å². The zero-order valence-corrected chi connectivity index (χ0v) is 12.3. The molecule has 4 nitrogen and oxygen atoms in total. The summed E-state index contributed by atoms with van der Waals surface area (Å²) in [6.45, 7) is 6.06. The summed E-state index contributed by atoms with van der Waals surface area (Å²) in [5.41, 5.74) is 5.80. The molecule has 0 bridgehead atoms. The molecule has 0 unspecified atom stereocenters. The van der Waals surface area contributed by atoms with Crippen LogP contribution in [0, 0.1) is 5.41 Å². The number of thioether (sulfide) groups is 1. The van der Waals surface area contributed by atoms with Gasteiger partial charge in [0.2, 0.25) is 11.8 Å². The van der Waals surface area contributed by atoms with Gasteiger partial charge in [-0.2, -0.15) is 0 Å². The molecule has 0 saturated carbocycles. The number of carbonyl (C=O) groups excluding carboxylic acids is 2. The highest BCUT2D eigenvalue weighted by molar-refractivity contribution is 8.00. The zero-order valence-electron chi connectivity index (χ0n) is 11.5. The SMILES string of the molecule is CC(C)(C)CC(=O)Nc1cccc(SCC(N)=O)c1. The van der Waals surface area contributed by atoms with E-state index in [1.807, 2.05) is 45.0 Å². The first-order valence-electron chi connectivity index (χ1n) is 6.07. The molecule has 3 N–H and O–H groups in total. The summed E-state index contributed by atoms with van der Waals surface area (Å²) in [4.78, 5) is 23.4. The van der Waals surface area contributed by atoms with Crippen LogP contribution in [0.2, 0.25) is 0 Å². The third-order valence-corrected chi connectivity index (χ3v) is 3.21. The summed E-state index contributed by atoms with van der Waals surface area (Å²) in [5, 5.41) is 2.86. The van der Waals surface area contributed by atoms with Crippen LogP contribution in [0.4, 0.5) is 5.69 Å². The van der Waals surface area contributed by atoms with Gasteiger partial charge in [0.05, 0.1) is 5.75 Å². The summed E-state index contributed by atoms with van der Waals surface area (Å²) < 4.78 is 0. The monoisotopic (exact) mass is 280 g/mol. The highest BCUT2D eigenvalue weighted by Crippen LogP contribution is 2.23. The van der Waals surface area contributed by atoms with E-state index in [0.717, 1.165) is 10.6 Å². The fraction of sp³-hybridized carbons (Fsp3) is 0.429. The van der Waals surface area contributed by atoms with Crippen LogP contribution in [0.5, 0.6) is 0 Å². The van der Waals surface area contributed by atoms with Crippen LogP contribution in [0.15, 0.2) is 29.2 Å². The fourth-order valence-corrected chi connectivity index (χ4v) is 2.20. The summed E-state index contributed by atoms with van der Waals surface area (Å²) in [7, 11) is 0.